The van der Waals surface area contributed by atoms with Crippen molar-refractivity contribution in [1.82, 2.24) is 10.6 Å². The van der Waals surface area contributed by atoms with E-state index in [0.29, 0.717) is 13.1 Å². The molecule has 0 spiro atoms. The summed E-state index contributed by atoms with van der Waals surface area (Å²) in [5.41, 5.74) is 5.24. The maximum atomic E-state index is 11.1. The maximum Gasteiger partial charge on any atom is 0.316 e. The zero-order chi connectivity index (χ0) is 9.52. The predicted molar refractivity (Wildman–Crippen MR) is 49.2 cm³/mol. The van der Waals surface area contributed by atoms with Crippen LogP contribution in [0.25, 0.3) is 0 Å². The van der Waals surface area contributed by atoms with Gasteiger partial charge in [0.1, 0.15) is 6.23 Å². The standard InChI is InChI=1S/C8H17N3O2/c9-4-5-10-8(12)11-7-3-1-2-6-13-7/h7H,1-6,9H2,(H2,10,11,12). The van der Waals surface area contributed by atoms with Gasteiger partial charge in [-0.15, -0.1) is 0 Å². The van der Waals surface area contributed by atoms with Crippen LogP contribution in [0.5, 0.6) is 0 Å². The SMILES string of the molecule is NCCNC(=O)NC1CCCCO1. The number of rotatable bonds is 3. The van der Waals surface area contributed by atoms with Gasteiger partial charge in [0.05, 0.1) is 0 Å². The molecule has 0 aromatic heterocycles. The quantitative estimate of drug-likeness (QED) is 0.571. The number of urea groups is 1. The third-order valence-corrected chi connectivity index (χ3v) is 1.90. The average molecular weight is 187 g/mol. The molecule has 0 aromatic carbocycles. The second-order valence-electron chi connectivity index (χ2n) is 3.04. The fourth-order valence-electron chi connectivity index (χ4n) is 1.24. The monoisotopic (exact) mass is 187 g/mol. The molecule has 1 heterocycles. The summed E-state index contributed by atoms with van der Waals surface area (Å²) in [6, 6.07) is -0.197. The van der Waals surface area contributed by atoms with E-state index >= 15 is 0 Å². The Labute approximate surface area is 78.0 Å². The van der Waals surface area contributed by atoms with Gasteiger partial charge in [-0.1, -0.05) is 0 Å². The largest absolute Gasteiger partial charge is 0.358 e. The maximum absolute atomic E-state index is 11.1. The van der Waals surface area contributed by atoms with Crippen LogP contribution in [0, 0.1) is 0 Å². The number of ether oxygens (including phenoxy) is 1. The molecule has 1 rings (SSSR count). The highest BCUT2D eigenvalue weighted by molar-refractivity contribution is 5.73. The molecule has 13 heavy (non-hydrogen) atoms. The lowest BCUT2D eigenvalue weighted by Crippen LogP contribution is -2.45. The first-order chi connectivity index (χ1) is 6.33. The van der Waals surface area contributed by atoms with Crippen LogP contribution in [0.4, 0.5) is 4.79 Å². The molecule has 4 N–H and O–H groups in total. The van der Waals surface area contributed by atoms with Crippen molar-refractivity contribution in [3.8, 4) is 0 Å². The first kappa shape index (κ1) is 10.3. The Morgan fingerprint density at radius 2 is 2.38 bits per heavy atom. The van der Waals surface area contributed by atoms with Crippen molar-refractivity contribution in [1.29, 1.82) is 0 Å². The van der Waals surface area contributed by atoms with Gasteiger partial charge < -0.3 is 21.1 Å². The van der Waals surface area contributed by atoms with Crippen LogP contribution < -0.4 is 16.4 Å². The van der Waals surface area contributed by atoms with E-state index < -0.39 is 0 Å². The fraction of sp³-hybridized carbons (Fsp3) is 0.875. The second-order valence-corrected chi connectivity index (χ2v) is 3.04. The first-order valence-corrected chi connectivity index (χ1v) is 4.69. The van der Waals surface area contributed by atoms with Gasteiger partial charge in [0.15, 0.2) is 0 Å². The molecular weight excluding hydrogens is 170 g/mol. The molecular formula is C8H17N3O2. The molecule has 1 aliphatic heterocycles. The molecule has 5 nitrogen and oxygen atoms in total. The predicted octanol–water partition coefficient (Wildman–Crippen LogP) is -0.229. The van der Waals surface area contributed by atoms with Gasteiger partial charge in [-0.25, -0.2) is 4.79 Å². The Hall–Kier alpha value is -0.810. The number of hydrogen-bond acceptors (Lipinski definition) is 3. The molecule has 0 bridgehead atoms. The number of nitrogens with one attached hydrogen (secondary N) is 2. The Kier molecular flexibility index (Phi) is 4.56. The molecule has 1 saturated heterocycles. The lowest BCUT2D eigenvalue weighted by molar-refractivity contribution is 0.00238. The zero-order valence-electron chi connectivity index (χ0n) is 7.71. The summed E-state index contributed by atoms with van der Waals surface area (Å²) in [5.74, 6) is 0. The molecule has 5 heteroatoms. The topological polar surface area (TPSA) is 76.4 Å². The van der Waals surface area contributed by atoms with Gasteiger partial charge in [-0.2, -0.15) is 0 Å². The highest BCUT2D eigenvalue weighted by Crippen LogP contribution is 2.09. The molecule has 1 fully saturated rings. The van der Waals surface area contributed by atoms with Crippen LogP contribution in [0.2, 0.25) is 0 Å². The van der Waals surface area contributed by atoms with Gasteiger partial charge in [-0.3, -0.25) is 0 Å². The van der Waals surface area contributed by atoms with E-state index in [-0.39, 0.29) is 12.3 Å². The summed E-state index contributed by atoms with van der Waals surface area (Å²) in [6.45, 7) is 1.69. The number of nitrogens with two attached hydrogens (primary N) is 1. The van der Waals surface area contributed by atoms with E-state index in [2.05, 4.69) is 10.6 Å². The van der Waals surface area contributed by atoms with Crippen molar-refractivity contribution in [2.45, 2.75) is 25.5 Å². The molecule has 1 atom stereocenters. The molecule has 0 radical (unpaired) electrons. The Balaban J connectivity index is 2.11. The summed E-state index contributed by atoms with van der Waals surface area (Å²) in [6.07, 6.45) is 2.98. The molecule has 0 saturated carbocycles. The summed E-state index contributed by atoms with van der Waals surface area (Å²) in [4.78, 5) is 11.1. The molecule has 2 amide bonds. The number of carbonyl (C=O) groups is 1. The summed E-state index contributed by atoms with van der Waals surface area (Å²) in [5, 5.41) is 5.35. The van der Waals surface area contributed by atoms with Crippen LogP contribution in [-0.4, -0.2) is 32.0 Å². The van der Waals surface area contributed by atoms with E-state index in [0.717, 1.165) is 25.9 Å². The van der Waals surface area contributed by atoms with E-state index in [4.69, 9.17) is 10.5 Å². The summed E-state index contributed by atoms with van der Waals surface area (Å²) in [7, 11) is 0. The second kappa shape index (κ2) is 5.77. The molecule has 1 aliphatic rings. The smallest absolute Gasteiger partial charge is 0.316 e. The Bertz CT molecular complexity index is 157. The van der Waals surface area contributed by atoms with E-state index in [1.807, 2.05) is 0 Å². The Morgan fingerprint density at radius 1 is 1.54 bits per heavy atom. The van der Waals surface area contributed by atoms with E-state index in [1.54, 1.807) is 0 Å². The molecule has 76 valence electrons. The van der Waals surface area contributed by atoms with E-state index in [9.17, 15) is 4.79 Å². The van der Waals surface area contributed by atoms with Crippen LogP contribution >= 0.6 is 0 Å². The minimum atomic E-state index is -0.197. The van der Waals surface area contributed by atoms with Crippen molar-refractivity contribution in [3.63, 3.8) is 0 Å². The van der Waals surface area contributed by atoms with Crippen molar-refractivity contribution in [2.75, 3.05) is 19.7 Å². The fourth-order valence-corrected chi connectivity index (χ4v) is 1.24. The minimum Gasteiger partial charge on any atom is -0.358 e. The molecule has 1 unspecified atom stereocenters. The van der Waals surface area contributed by atoms with Crippen LogP contribution in [0.15, 0.2) is 0 Å². The summed E-state index contributed by atoms with van der Waals surface area (Å²) < 4.78 is 5.33. The highest BCUT2D eigenvalue weighted by atomic mass is 16.5. The molecule has 0 aliphatic carbocycles. The lowest BCUT2D eigenvalue weighted by atomic mass is 10.2. The third-order valence-electron chi connectivity index (χ3n) is 1.90. The summed E-state index contributed by atoms with van der Waals surface area (Å²) >= 11 is 0. The average Bonchev–Trinajstić information content (AvgIpc) is 2.16. The normalized spacial score (nSPS) is 22.4. The van der Waals surface area contributed by atoms with Crippen molar-refractivity contribution in [2.24, 2.45) is 5.73 Å². The minimum absolute atomic E-state index is 0.119. The molecule has 0 aromatic rings. The highest BCUT2D eigenvalue weighted by Gasteiger charge is 2.15. The van der Waals surface area contributed by atoms with Gasteiger partial charge >= 0.3 is 6.03 Å². The first-order valence-electron chi connectivity index (χ1n) is 4.69. The van der Waals surface area contributed by atoms with Crippen molar-refractivity contribution in [3.05, 3.63) is 0 Å². The number of hydrogen-bond donors (Lipinski definition) is 3. The van der Waals surface area contributed by atoms with Crippen LogP contribution in [0.1, 0.15) is 19.3 Å². The van der Waals surface area contributed by atoms with Crippen LogP contribution in [0.3, 0.4) is 0 Å². The van der Waals surface area contributed by atoms with Crippen molar-refractivity contribution < 1.29 is 9.53 Å². The number of carbonyl (C=O) groups excluding carboxylic acids is 1. The lowest BCUT2D eigenvalue weighted by Gasteiger charge is -2.23. The van der Waals surface area contributed by atoms with Gasteiger partial charge in [-0.05, 0) is 19.3 Å². The van der Waals surface area contributed by atoms with Crippen LogP contribution in [-0.2, 0) is 4.74 Å². The van der Waals surface area contributed by atoms with Gasteiger partial charge in [0.2, 0.25) is 0 Å². The Morgan fingerprint density at radius 3 is 3.00 bits per heavy atom. The van der Waals surface area contributed by atoms with Crippen molar-refractivity contribution >= 4 is 6.03 Å². The van der Waals surface area contributed by atoms with Gasteiger partial charge in [0.25, 0.3) is 0 Å². The van der Waals surface area contributed by atoms with E-state index in [1.165, 1.54) is 0 Å². The third kappa shape index (κ3) is 4.10. The number of amides is 2. The zero-order valence-corrected chi connectivity index (χ0v) is 7.71. The van der Waals surface area contributed by atoms with Gasteiger partial charge in [0, 0.05) is 19.7 Å².